The Balaban J connectivity index is 1.82. The van der Waals surface area contributed by atoms with Crippen LogP contribution in [0.2, 0.25) is 0 Å². The molecule has 0 bridgehead atoms. The maximum absolute atomic E-state index is 13.2. The van der Waals surface area contributed by atoms with Gasteiger partial charge < -0.3 is 15.2 Å². The van der Waals surface area contributed by atoms with E-state index in [0.29, 0.717) is 5.75 Å². The topological polar surface area (TPSA) is 61.6 Å². The van der Waals surface area contributed by atoms with Crippen molar-refractivity contribution < 1.29 is 18.7 Å². The normalized spacial score (nSPS) is 10.1. The highest BCUT2D eigenvalue weighted by Gasteiger charge is 2.13. The molecule has 0 amide bonds. The zero-order valence-electron chi connectivity index (χ0n) is 10.7. The fourth-order valence-corrected chi connectivity index (χ4v) is 1.60. The number of ether oxygens (including phenoxy) is 2. The molecular formula is C15H14FNO3. The molecule has 104 valence electrons. The Bertz CT molecular complexity index is 587. The lowest BCUT2D eigenvalue weighted by molar-refractivity contribution is 0.0451. The summed E-state index contributed by atoms with van der Waals surface area (Å²) >= 11 is 0. The number of nitrogens with two attached hydrogens (primary N) is 1. The van der Waals surface area contributed by atoms with Crippen molar-refractivity contribution in [2.75, 3.05) is 18.9 Å². The minimum atomic E-state index is -0.668. The van der Waals surface area contributed by atoms with Gasteiger partial charge in [0.1, 0.15) is 24.8 Å². The summed E-state index contributed by atoms with van der Waals surface area (Å²) in [5.74, 6) is -0.618. The summed E-state index contributed by atoms with van der Waals surface area (Å²) in [6, 6.07) is 13.2. The summed E-state index contributed by atoms with van der Waals surface area (Å²) in [4.78, 5) is 11.7. The van der Waals surface area contributed by atoms with E-state index < -0.39 is 11.8 Å². The van der Waals surface area contributed by atoms with Crippen LogP contribution in [0, 0.1) is 5.82 Å². The molecular weight excluding hydrogens is 261 g/mol. The van der Waals surface area contributed by atoms with Crippen molar-refractivity contribution in [2.45, 2.75) is 0 Å². The van der Waals surface area contributed by atoms with Crippen LogP contribution >= 0.6 is 0 Å². The zero-order valence-corrected chi connectivity index (χ0v) is 10.7. The van der Waals surface area contributed by atoms with E-state index in [2.05, 4.69) is 0 Å². The SMILES string of the molecule is Nc1c(F)cccc1C(=O)OCCOc1ccccc1. The van der Waals surface area contributed by atoms with E-state index in [1.807, 2.05) is 18.2 Å². The van der Waals surface area contributed by atoms with Gasteiger partial charge in [-0.2, -0.15) is 0 Å². The Morgan fingerprint density at radius 1 is 1.05 bits per heavy atom. The highest BCUT2D eigenvalue weighted by molar-refractivity contribution is 5.95. The summed E-state index contributed by atoms with van der Waals surface area (Å²) in [7, 11) is 0. The Hall–Kier alpha value is -2.56. The quantitative estimate of drug-likeness (QED) is 0.517. The third-order valence-corrected chi connectivity index (χ3v) is 2.60. The molecule has 0 aliphatic rings. The first-order chi connectivity index (χ1) is 9.68. The van der Waals surface area contributed by atoms with Crippen molar-refractivity contribution in [1.82, 2.24) is 0 Å². The number of carbonyl (C=O) groups excluding carboxylic acids is 1. The number of hydrogen-bond donors (Lipinski definition) is 1. The van der Waals surface area contributed by atoms with E-state index in [1.54, 1.807) is 12.1 Å². The second kappa shape index (κ2) is 6.56. The number of benzene rings is 2. The van der Waals surface area contributed by atoms with Crippen molar-refractivity contribution >= 4 is 11.7 Å². The molecule has 0 radical (unpaired) electrons. The molecule has 0 aromatic heterocycles. The molecule has 0 aliphatic carbocycles. The Morgan fingerprint density at radius 3 is 2.55 bits per heavy atom. The Labute approximate surface area is 115 Å². The van der Waals surface area contributed by atoms with Gasteiger partial charge in [-0.1, -0.05) is 24.3 Å². The monoisotopic (exact) mass is 275 g/mol. The first-order valence-electron chi connectivity index (χ1n) is 6.07. The van der Waals surface area contributed by atoms with Crippen LogP contribution in [0.15, 0.2) is 48.5 Å². The molecule has 2 aromatic rings. The molecule has 0 heterocycles. The van der Waals surface area contributed by atoms with Crippen LogP contribution in [0.25, 0.3) is 0 Å². The third kappa shape index (κ3) is 3.47. The molecule has 0 unspecified atom stereocenters. The van der Waals surface area contributed by atoms with Crippen molar-refractivity contribution in [3.8, 4) is 5.75 Å². The molecule has 0 saturated carbocycles. The molecule has 2 rings (SSSR count). The summed E-state index contributed by atoms with van der Waals surface area (Å²) in [6.45, 7) is 0.272. The molecule has 2 N–H and O–H groups in total. The van der Waals surface area contributed by atoms with Crippen molar-refractivity contribution in [3.63, 3.8) is 0 Å². The van der Waals surface area contributed by atoms with Crippen LogP contribution in [0.3, 0.4) is 0 Å². The van der Waals surface area contributed by atoms with Gasteiger partial charge in [0.05, 0.1) is 11.3 Å². The van der Waals surface area contributed by atoms with Crippen LogP contribution < -0.4 is 10.5 Å². The molecule has 20 heavy (non-hydrogen) atoms. The molecule has 0 atom stereocenters. The van der Waals surface area contributed by atoms with Gasteiger partial charge in [0.25, 0.3) is 0 Å². The van der Waals surface area contributed by atoms with Gasteiger partial charge in [-0.3, -0.25) is 0 Å². The number of rotatable bonds is 5. The zero-order chi connectivity index (χ0) is 14.4. The van der Waals surface area contributed by atoms with Gasteiger partial charge in [-0.15, -0.1) is 0 Å². The molecule has 0 aliphatic heterocycles. The van der Waals surface area contributed by atoms with E-state index in [9.17, 15) is 9.18 Å². The standard InChI is InChI=1S/C15H14FNO3/c16-13-8-4-7-12(14(13)17)15(18)20-10-9-19-11-5-2-1-3-6-11/h1-8H,9-10,17H2. The summed E-state index contributed by atoms with van der Waals surface area (Å²) < 4.78 is 23.5. The molecule has 2 aromatic carbocycles. The smallest absolute Gasteiger partial charge is 0.340 e. The highest BCUT2D eigenvalue weighted by atomic mass is 19.1. The van der Waals surface area contributed by atoms with Crippen LogP contribution in [0.5, 0.6) is 5.75 Å². The maximum atomic E-state index is 13.2. The second-order valence-corrected chi connectivity index (χ2v) is 4.00. The van der Waals surface area contributed by atoms with E-state index in [-0.39, 0.29) is 24.5 Å². The molecule has 0 fully saturated rings. The van der Waals surface area contributed by atoms with E-state index in [4.69, 9.17) is 15.2 Å². The summed E-state index contributed by atoms with van der Waals surface area (Å²) in [5, 5.41) is 0. The number of halogens is 1. The lowest BCUT2D eigenvalue weighted by Crippen LogP contribution is -2.14. The van der Waals surface area contributed by atoms with Gasteiger partial charge in [-0.05, 0) is 24.3 Å². The van der Waals surface area contributed by atoms with Gasteiger partial charge >= 0.3 is 5.97 Å². The number of para-hydroxylation sites is 2. The Kier molecular flexibility index (Phi) is 4.55. The molecule has 0 saturated heterocycles. The fourth-order valence-electron chi connectivity index (χ4n) is 1.60. The number of hydrogen-bond acceptors (Lipinski definition) is 4. The fraction of sp³-hybridized carbons (Fsp3) is 0.133. The minimum Gasteiger partial charge on any atom is -0.490 e. The van der Waals surface area contributed by atoms with Crippen molar-refractivity contribution in [2.24, 2.45) is 0 Å². The van der Waals surface area contributed by atoms with Crippen molar-refractivity contribution in [1.29, 1.82) is 0 Å². The number of anilines is 1. The van der Waals surface area contributed by atoms with E-state index >= 15 is 0 Å². The first kappa shape index (κ1) is 13.9. The van der Waals surface area contributed by atoms with Gasteiger partial charge in [0, 0.05) is 0 Å². The lowest BCUT2D eigenvalue weighted by atomic mass is 10.2. The predicted molar refractivity (Wildman–Crippen MR) is 73.0 cm³/mol. The van der Waals surface area contributed by atoms with Crippen LogP contribution in [0.1, 0.15) is 10.4 Å². The summed E-state index contributed by atoms with van der Waals surface area (Å²) in [5.41, 5.74) is 5.28. The largest absolute Gasteiger partial charge is 0.490 e. The lowest BCUT2D eigenvalue weighted by Gasteiger charge is -2.08. The maximum Gasteiger partial charge on any atom is 0.340 e. The first-order valence-corrected chi connectivity index (χ1v) is 6.07. The summed E-state index contributed by atoms with van der Waals surface area (Å²) in [6.07, 6.45) is 0. The van der Waals surface area contributed by atoms with E-state index in [0.717, 1.165) is 0 Å². The molecule has 0 spiro atoms. The number of carbonyl (C=O) groups is 1. The second-order valence-electron chi connectivity index (χ2n) is 4.00. The van der Waals surface area contributed by atoms with Crippen molar-refractivity contribution in [3.05, 3.63) is 59.9 Å². The van der Waals surface area contributed by atoms with Gasteiger partial charge in [0.15, 0.2) is 0 Å². The average Bonchev–Trinajstić information content (AvgIpc) is 2.47. The average molecular weight is 275 g/mol. The molecule has 5 heteroatoms. The van der Waals surface area contributed by atoms with Gasteiger partial charge in [0.2, 0.25) is 0 Å². The highest BCUT2D eigenvalue weighted by Crippen LogP contribution is 2.16. The van der Waals surface area contributed by atoms with Crippen LogP contribution in [0.4, 0.5) is 10.1 Å². The number of nitrogen functional groups attached to an aromatic ring is 1. The minimum absolute atomic E-state index is 0.0183. The number of esters is 1. The Morgan fingerprint density at radius 2 is 1.80 bits per heavy atom. The van der Waals surface area contributed by atoms with Crippen LogP contribution in [-0.4, -0.2) is 19.2 Å². The van der Waals surface area contributed by atoms with Crippen LogP contribution in [-0.2, 0) is 4.74 Å². The van der Waals surface area contributed by atoms with E-state index in [1.165, 1.54) is 18.2 Å². The third-order valence-electron chi connectivity index (χ3n) is 2.60. The molecule has 4 nitrogen and oxygen atoms in total. The van der Waals surface area contributed by atoms with Gasteiger partial charge in [-0.25, -0.2) is 9.18 Å². The predicted octanol–water partition coefficient (Wildman–Crippen LogP) is 2.64.